The standard InChI is InChI=1S/C10H17N3/c1-7-3-4-8(2)13-10(7)9-5-11-12-6-9/h5-8,10,13H,3-4H2,1-2H3,(H,11,12). The Morgan fingerprint density at radius 1 is 1.38 bits per heavy atom. The van der Waals surface area contributed by atoms with E-state index in [4.69, 9.17) is 0 Å². The first-order chi connectivity index (χ1) is 6.27. The normalized spacial score (nSPS) is 34.8. The number of rotatable bonds is 1. The Hall–Kier alpha value is -0.830. The zero-order valence-corrected chi connectivity index (χ0v) is 8.25. The van der Waals surface area contributed by atoms with Gasteiger partial charge in [-0.3, -0.25) is 5.10 Å². The molecule has 2 N–H and O–H groups in total. The van der Waals surface area contributed by atoms with Crippen molar-refractivity contribution in [3.8, 4) is 0 Å². The molecule has 1 aromatic rings. The van der Waals surface area contributed by atoms with Crippen molar-refractivity contribution >= 4 is 0 Å². The Labute approximate surface area is 78.9 Å². The molecule has 2 rings (SSSR count). The summed E-state index contributed by atoms with van der Waals surface area (Å²) >= 11 is 0. The molecule has 13 heavy (non-hydrogen) atoms. The molecule has 0 spiro atoms. The fourth-order valence-corrected chi connectivity index (χ4v) is 2.09. The zero-order valence-electron chi connectivity index (χ0n) is 8.25. The number of piperidine rings is 1. The highest BCUT2D eigenvalue weighted by atomic mass is 15.1. The molecule has 0 bridgehead atoms. The molecule has 1 saturated heterocycles. The molecule has 3 unspecified atom stereocenters. The van der Waals surface area contributed by atoms with Crippen LogP contribution < -0.4 is 5.32 Å². The van der Waals surface area contributed by atoms with Crippen LogP contribution in [0, 0.1) is 5.92 Å². The number of hydrogen-bond acceptors (Lipinski definition) is 2. The highest BCUT2D eigenvalue weighted by molar-refractivity contribution is 5.11. The Balaban J connectivity index is 2.12. The Bertz CT molecular complexity index is 255. The summed E-state index contributed by atoms with van der Waals surface area (Å²) in [6.07, 6.45) is 6.51. The van der Waals surface area contributed by atoms with Gasteiger partial charge in [-0.15, -0.1) is 0 Å². The molecule has 1 aliphatic heterocycles. The number of aromatic nitrogens is 2. The quantitative estimate of drug-likeness (QED) is 0.691. The maximum absolute atomic E-state index is 3.99. The van der Waals surface area contributed by atoms with Gasteiger partial charge in [0.15, 0.2) is 0 Å². The zero-order chi connectivity index (χ0) is 9.26. The molecule has 3 heteroatoms. The Morgan fingerprint density at radius 3 is 2.92 bits per heavy atom. The second kappa shape index (κ2) is 3.50. The van der Waals surface area contributed by atoms with E-state index in [0.29, 0.717) is 18.0 Å². The van der Waals surface area contributed by atoms with Gasteiger partial charge >= 0.3 is 0 Å². The molecule has 72 valence electrons. The van der Waals surface area contributed by atoms with Gasteiger partial charge in [0.2, 0.25) is 0 Å². The van der Waals surface area contributed by atoms with Crippen molar-refractivity contribution in [2.24, 2.45) is 5.92 Å². The molecular formula is C10H17N3. The van der Waals surface area contributed by atoms with Crippen molar-refractivity contribution in [2.75, 3.05) is 0 Å². The summed E-state index contributed by atoms with van der Waals surface area (Å²) in [5.74, 6) is 0.716. The van der Waals surface area contributed by atoms with E-state index in [0.717, 1.165) is 0 Å². The van der Waals surface area contributed by atoms with Crippen LogP contribution in [0.2, 0.25) is 0 Å². The number of H-pyrrole nitrogens is 1. The van der Waals surface area contributed by atoms with Crippen molar-refractivity contribution in [3.63, 3.8) is 0 Å². The van der Waals surface area contributed by atoms with Crippen LogP contribution in [0.1, 0.15) is 38.3 Å². The van der Waals surface area contributed by atoms with Crippen LogP contribution in [-0.2, 0) is 0 Å². The van der Waals surface area contributed by atoms with E-state index < -0.39 is 0 Å². The van der Waals surface area contributed by atoms with Gasteiger partial charge in [-0.05, 0) is 25.7 Å². The number of aromatic amines is 1. The van der Waals surface area contributed by atoms with E-state index in [-0.39, 0.29) is 0 Å². The molecule has 0 radical (unpaired) electrons. The van der Waals surface area contributed by atoms with E-state index in [1.54, 1.807) is 0 Å². The SMILES string of the molecule is CC1CCC(C)C(c2cn[nH]c2)N1. The smallest absolute Gasteiger partial charge is 0.0535 e. The van der Waals surface area contributed by atoms with Gasteiger partial charge in [0, 0.05) is 23.8 Å². The lowest BCUT2D eigenvalue weighted by Crippen LogP contribution is -2.38. The molecule has 0 aliphatic carbocycles. The third kappa shape index (κ3) is 1.75. The maximum atomic E-state index is 3.99. The monoisotopic (exact) mass is 179 g/mol. The summed E-state index contributed by atoms with van der Waals surface area (Å²) in [6.45, 7) is 4.55. The summed E-state index contributed by atoms with van der Waals surface area (Å²) in [4.78, 5) is 0. The van der Waals surface area contributed by atoms with Crippen LogP contribution in [0.4, 0.5) is 0 Å². The van der Waals surface area contributed by atoms with E-state index in [9.17, 15) is 0 Å². The molecule has 1 aromatic heterocycles. The molecule has 0 saturated carbocycles. The molecule has 2 heterocycles. The van der Waals surface area contributed by atoms with E-state index in [2.05, 4.69) is 29.4 Å². The van der Waals surface area contributed by atoms with Crippen LogP contribution in [0.15, 0.2) is 12.4 Å². The molecule has 0 amide bonds. The highest BCUT2D eigenvalue weighted by Crippen LogP contribution is 2.30. The van der Waals surface area contributed by atoms with Gasteiger partial charge in [-0.25, -0.2) is 0 Å². The van der Waals surface area contributed by atoms with Crippen LogP contribution in [0.25, 0.3) is 0 Å². The lowest BCUT2D eigenvalue weighted by atomic mass is 9.86. The lowest BCUT2D eigenvalue weighted by Gasteiger charge is -2.33. The van der Waals surface area contributed by atoms with E-state index in [1.165, 1.54) is 18.4 Å². The van der Waals surface area contributed by atoms with Gasteiger partial charge in [-0.2, -0.15) is 5.10 Å². The van der Waals surface area contributed by atoms with E-state index >= 15 is 0 Å². The predicted molar refractivity (Wildman–Crippen MR) is 52.3 cm³/mol. The van der Waals surface area contributed by atoms with Gasteiger partial charge in [0.1, 0.15) is 0 Å². The minimum atomic E-state index is 0.488. The molecule has 3 nitrogen and oxygen atoms in total. The first-order valence-corrected chi connectivity index (χ1v) is 5.02. The van der Waals surface area contributed by atoms with Gasteiger partial charge in [0.25, 0.3) is 0 Å². The minimum Gasteiger partial charge on any atom is -0.307 e. The van der Waals surface area contributed by atoms with Gasteiger partial charge < -0.3 is 5.32 Å². The average molecular weight is 179 g/mol. The maximum Gasteiger partial charge on any atom is 0.0535 e. The van der Waals surface area contributed by atoms with Crippen molar-refractivity contribution in [1.29, 1.82) is 0 Å². The van der Waals surface area contributed by atoms with Crippen LogP contribution >= 0.6 is 0 Å². The van der Waals surface area contributed by atoms with E-state index in [1.807, 2.05) is 12.4 Å². The topological polar surface area (TPSA) is 40.7 Å². The Kier molecular flexibility index (Phi) is 2.36. The fourth-order valence-electron chi connectivity index (χ4n) is 2.09. The molecular weight excluding hydrogens is 162 g/mol. The Morgan fingerprint density at radius 2 is 2.23 bits per heavy atom. The fraction of sp³-hybridized carbons (Fsp3) is 0.700. The average Bonchev–Trinajstić information content (AvgIpc) is 2.61. The lowest BCUT2D eigenvalue weighted by molar-refractivity contribution is 0.258. The first-order valence-electron chi connectivity index (χ1n) is 5.02. The van der Waals surface area contributed by atoms with Crippen molar-refractivity contribution in [1.82, 2.24) is 15.5 Å². The first kappa shape index (κ1) is 8.75. The van der Waals surface area contributed by atoms with Crippen molar-refractivity contribution in [3.05, 3.63) is 18.0 Å². The third-order valence-electron chi connectivity index (χ3n) is 2.97. The van der Waals surface area contributed by atoms with Crippen LogP contribution in [-0.4, -0.2) is 16.2 Å². The molecule has 3 atom stereocenters. The number of hydrogen-bond donors (Lipinski definition) is 2. The van der Waals surface area contributed by atoms with Crippen molar-refractivity contribution in [2.45, 2.75) is 38.8 Å². The summed E-state index contributed by atoms with van der Waals surface area (Å²) in [5.41, 5.74) is 1.29. The van der Waals surface area contributed by atoms with Crippen LogP contribution in [0.5, 0.6) is 0 Å². The highest BCUT2D eigenvalue weighted by Gasteiger charge is 2.26. The molecule has 1 aliphatic rings. The minimum absolute atomic E-state index is 0.488. The summed E-state index contributed by atoms with van der Waals surface area (Å²) < 4.78 is 0. The van der Waals surface area contributed by atoms with Crippen LogP contribution in [0.3, 0.4) is 0 Å². The van der Waals surface area contributed by atoms with Gasteiger partial charge in [-0.1, -0.05) is 6.92 Å². The van der Waals surface area contributed by atoms with Gasteiger partial charge in [0.05, 0.1) is 6.20 Å². The number of nitrogens with one attached hydrogen (secondary N) is 2. The molecule has 0 aromatic carbocycles. The third-order valence-corrected chi connectivity index (χ3v) is 2.97. The summed E-state index contributed by atoms with van der Waals surface area (Å²) in [6, 6.07) is 1.12. The second-order valence-corrected chi connectivity index (χ2v) is 4.13. The number of nitrogens with zero attached hydrogens (tertiary/aromatic N) is 1. The second-order valence-electron chi connectivity index (χ2n) is 4.13. The molecule has 1 fully saturated rings. The summed E-state index contributed by atoms with van der Waals surface area (Å²) in [7, 11) is 0. The summed E-state index contributed by atoms with van der Waals surface area (Å²) in [5, 5.41) is 10.5. The largest absolute Gasteiger partial charge is 0.307 e. The van der Waals surface area contributed by atoms with Crippen molar-refractivity contribution < 1.29 is 0 Å². The predicted octanol–water partition coefficient (Wildman–Crippen LogP) is 1.86.